The highest BCUT2D eigenvalue weighted by Crippen LogP contribution is 2.58. The van der Waals surface area contributed by atoms with Crippen LogP contribution in [0.5, 0.6) is 23.0 Å². The van der Waals surface area contributed by atoms with Gasteiger partial charge in [0.25, 0.3) is 11.7 Å². The summed E-state index contributed by atoms with van der Waals surface area (Å²) in [7, 11) is 1.47. The standard InChI is InChI=1S/C55H78N2O12/c1-29-17-16-18-30(2)54(65)56-44-45(57-26-23-38(24-27-57)40(36-19-12-10-13-20-36)37-21-14-11-15-22-37)50(63)41-42(49(44)62)48(61)34(6)52-43(41)53(64)55(8,69-52)67-28-25-39(66-9)31(3)51(68-35(7)58)33(5)47(60)32(4)46(29)59/h16-18,25,28-29,31-33,36-40,46-47,51,59-63H,10-15,19-24,26-27H2,1-9H3,(H,56,65)/b17-16+,28-25+,30-18-/t29-,31+,32+,33+,39-,46-,47+,51+,55-/m0/s1. The van der Waals surface area contributed by atoms with E-state index in [0.717, 1.165) is 12.8 Å². The molecule has 2 aliphatic carbocycles. The van der Waals surface area contributed by atoms with E-state index >= 15 is 0 Å². The molecular formula is C55H78N2O12. The number of esters is 1. The van der Waals surface area contributed by atoms with Crippen molar-refractivity contribution in [3.05, 3.63) is 47.3 Å². The van der Waals surface area contributed by atoms with Gasteiger partial charge in [-0.2, -0.15) is 0 Å². The van der Waals surface area contributed by atoms with Gasteiger partial charge in [-0.15, -0.1) is 0 Å². The Hall–Kier alpha value is -4.79. The third-order valence-corrected chi connectivity index (χ3v) is 16.8. The van der Waals surface area contributed by atoms with Gasteiger partial charge in [0.05, 0.1) is 35.5 Å². The number of phenols is 3. The molecule has 2 saturated carbocycles. The average Bonchev–Trinajstić information content (AvgIpc) is 3.60. The number of methoxy groups -OCH3 is 1. The molecule has 3 fully saturated rings. The summed E-state index contributed by atoms with van der Waals surface area (Å²) in [6, 6.07) is 0. The summed E-state index contributed by atoms with van der Waals surface area (Å²) in [4.78, 5) is 43.5. The smallest absolute Gasteiger partial charge is 0.312 e. The number of carbonyl (C=O) groups is 3. The van der Waals surface area contributed by atoms with Crippen LogP contribution in [-0.2, 0) is 23.8 Å². The highest BCUT2D eigenvalue weighted by atomic mass is 16.7. The van der Waals surface area contributed by atoms with Crippen LogP contribution in [0.4, 0.5) is 11.4 Å². The number of allylic oxidation sites excluding steroid dienone is 2. The molecule has 0 spiro atoms. The quantitative estimate of drug-likeness (QED) is 0.0908. The number of phenolic OH excluding ortho intramolecular Hbond substituents is 3. The van der Waals surface area contributed by atoms with E-state index in [4.69, 9.17) is 18.9 Å². The molecule has 6 aliphatic rings. The van der Waals surface area contributed by atoms with E-state index in [2.05, 4.69) is 5.32 Å². The largest absolute Gasteiger partial charge is 0.507 e. The number of Topliss-reactive ketones (excluding diaryl/α,β-unsaturated/α-hetero) is 1. The second-order valence-electron chi connectivity index (χ2n) is 21.3. The minimum atomic E-state index is -2.02. The number of aliphatic hydroxyl groups excluding tert-OH is 2. The van der Waals surface area contributed by atoms with Crippen molar-refractivity contribution < 1.29 is 58.9 Å². The fourth-order valence-corrected chi connectivity index (χ4v) is 12.7. The second kappa shape index (κ2) is 21.7. The highest BCUT2D eigenvalue weighted by molar-refractivity contribution is 6.23. The Bertz CT molecular complexity index is 2290. The Kier molecular flexibility index (Phi) is 16.4. The number of benzene rings is 2. The highest BCUT2D eigenvalue weighted by Gasteiger charge is 2.50. The first kappa shape index (κ1) is 52.0. The summed E-state index contributed by atoms with van der Waals surface area (Å²) in [5.74, 6) is -5.19. The molecule has 1 saturated heterocycles. The van der Waals surface area contributed by atoms with Crippen molar-refractivity contribution in [3.8, 4) is 23.0 Å². The normalized spacial score (nSPS) is 32.3. The number of nitrogens with zero attached hydrogens (tertiary/aromatic N) is 1. The van der Waals surface area contributed by atoms with E-state index in [9.17, 15) is 39.9 Å². The maximum absolute atomic E-state index is 14.8. The van der Waals surface area contributed by atoms with Gasteiger partial charge in [0.15, 0.2) is 5.75 Å². The number of amides is 1. The van der Waals surface area contributed by atoms with Crippen LogP contribution in [0.1, 0.15) is 141 Å². The molecule has 380 valence electrons. The summed E-state index contributed by atoms with van der Waals surface area (Å²) in [5, 5.41) is 62.7. The number of piperidine rings is 1. The fraction of sp³-hybridized carbons (Fsp3) is 0.655. The van der Waals surface area contributed by atoms with E-state index in [-0.39, 0.29) is 44.6 Å². The van der Waals surface area contributed by atoms with Crippen molar-refractivity contribution in [2.75, 3.05) is 30.4 Å². The maximum Gasteiger partial charge on any atom is 0.312 e. The molecule has 4 aliphatic heterocycles. The van der Waals surface area contributed by atoms with E-state index < -0.39 is 88.8 Å². The average molecular weight is 959 g/mol. The molecule has 14 nitrogen and oxygen atoms in total. The number of aromatic hydroxyl groups is 3. The number of aliphatic hydroxyl groups is 2. The molecule has 0 radical (unpaired) electrons. The number of hydrogen-bond acceptors (Lipinski definition) is 13. The Morgan fingerprint density at radius 2 is 1.39 bits per heavy atom. The van der Waals surface area contributed by atoms with Crippen LogP contribution in [0.2, 0.25) is 0 Å². The molecule has 9 atom stereocenters. The topological polar surface area (TPSA) is 205 Å². The first-order chi connectivity index (χ1) is 32.8. The molecule has 1 amide bonds. The van der Waals surface area contributed by atoms with Gasteiger partial charge in [-0.05, 0) is 56.4 Å². The van der Waals surface area contributed by atoms with Crippen LogP contribution < -0.4 is 15.0 Å². The van der Waals surface area contributed by atoms with Crippen LogP contribution in [-0.4, -0.2) is 93.6 Å². The lowest BCUT2D eigenvalue weighted by Crippen LogP contribution is -2.46. The molecule has 2 aromatic carbocycles. The third-order valence-electron chi connectivity index (χ3n) is 16.8. The van der Waals surface area contributed by atoms with Crippen molar-refractivity contribution in [2.24, 2.45) is 47.3 Å². The number of fused-ring (bicyclic) bond motifs is 14. The van der Waals surface area contributed by atoms with Crippen molar-refractivity contribution in [1.29, 1.82) is 0 Å². The molecular weight excluding hydrogens is 881 g/mol. The monoisotopic (exact) mass is 959 g/mol. The van der Waals surface area contributed by atoms with Gasteiger partial charge in [-0.3, -0.25) is 14.4 Å². The SMILES string of the molecule is CO[C@H]1/C=C/O[C@@]2(C)Oc3c(C)c(O)c4c(O)c(c(N5CCC(C(C6CCCCC6)C6CCCCC6)CC5)c(O)c4c3C2=O)NC(=O)/C(C)=C\C=C\[C@H](C)[C@H](O)[C@@H](C)[C@@H](O)[C@@H](C)[C@H](OC(C)=O)[C@@H]1C. The van der Waals surface area contributed by atoms with Crippen LogP contribution in [0.3, 0.4) is 0 Å². The molecule has 5 bridgehead atoms. The minimum Gasteiger partial charge on any atom is -0.507 e. The summed E-state index contributed by atoms with van der Waals surface area (Å²) < 4.78 is 24.1. The van der Waals surface area contributed by atoms with E-state index in [1.54, 1.807) is 58.9 Å². The zero-order chi connectivity index (χ0) is 50.1. The van der Waals surface area contributed by atoms with E-state index in [1.807, 2.05) is 4.90 Å². The van der Waals surface area contributed by atoms with Gasteiger partial charge < -0.3 is 54.7 Å². The summed E-state index contributed by atoms with van der Waals surface area (Å²) in [6.07, 6.45) is 18.4. The van der Waals surface area contributed by atoms with Crippen LogP contribution in [0.15, 0.2) is 36.1 Å². The number of ketones is 1. The van der Waals surface area contributed by atoms with Crippen LogP contribution in [0, 0.1) is 54.3 Å². The van der Waals surface area contributed by atoms with Crippen molar-refractivity contribution in [1.82, 2.24) is 0 Å². The van der Waals surface area contributed by atoms with Gasteiger partial charge in [0.2, 0.25) is 0 Å². The lowest BCUT2D eigenvalue weighted by atomic mass is 9.63. The number of rotatable bonds is 6. The first-order valence-corrected chi connectivity index (χ1v) is 25.6. The Labute approximate surface area is 408 Å². The Morgan fingerprint density at radius 1 is 0.797 bits per heavy atom. The minimum absolute atomic E-state index is 0.0316. The predicted molar refractivity (Wildman–Crippen MR) is 265 cm³/mol. The second-order valence-corrected chi connectivity index (χ2v) is 21.3. The molecule has 8 rings (SSSR count). The van der Waals surface area contributed by atoms with Gasteiger partial charge in [-0.1, -0.05) is 110 Å². The van der Waals surface area contributed by atoms with Crippen LogP contribution >= 0.6 is 0 Å². The molecule has 4 heterocycles. The molecule has 69 heavy (non-hydrogen) atoms. The fourth-order valence-electron chi connectivity index (χ4n) is 12.7. The Balaban J connectivity index is 1.33. The lowest BCUT2D eigenvalue weighted by Gasteiger charge is -2.46. The summed E-state index contributed by atoms with van der Waals surface area (Å²) >= 11 is 0. The predicted octanol–water partition coefficient (Wildman–Crippen LogP) is 9.75. The summed E-state index contributed by atoms with van der Waals surface area (Å²) in [6.45, 7) is 13.9. The summed E-state index contributed by atoms with van der Waals surface area (Å²) in [5.41, 5.74) is 0.295. The van der Waals surface area contributed by atoms with Gasteiger partial charge in [0.1, 0.15) is 34.7 Å². The number of nitrogens with one attached hydrogen (secondary N) is 1. The number of ether oxygens (including phenoxy) is 4. The van der Waals surface area contributed by atoms with Gasteiger partial charge >= 0.3 is 11.8 Å². The van der Waals surface area contributed by atoms with Crippen LogP contribution in [0.25, 0.3) is 10.8 Å². The third kappa shape index (κ3) is 10.4. The molecule has 14 heteroatoms. The number of anilines is 2. The lowest BCUT2D eigenvalue weighted by molar-refractivity contribution is -0.160. The van der Waals surface area contributed by atoms with Gasteiger partial charge in [-0.25, -0.2) is 0 Å². The molecule has 0 unspecified atom stereocenters. The molecule has 6 N–H and O–H groups in total. The molecule has 2 aromatic rings. The van der Waals surface area contributed by atoms with E-state index in [1.165, 1.54) is 98.4 Å². The Morgan fingerprint density at radius 3 is 1.97 bits per heavy atom. The maximum atomic E-state index is 14.8. The van der Waals surface area contributed by atoms with Gasteiger partial charge in [0, 0.05) is 74.2 Å². The number of carbonyl (C=O) groups excluding carboxylic acids is 3. The van der Waals surface area contributed by atoms with Crippen molar-refractivity contribution >= 4 is 39.8 Å². The van der Waals surface area contributed by atoms with Crippen molar-refractivity contribution in [3.63, 3.8) is 0 Å². The first-order valence-electron chi connectivity index (χ1n) is 25.6. The zero-order valence-corrected chi connectivity index (χ0v) is 42.3. The van der Waals surface area contributed by atoms with E-state index in [0.29, 0.717) is 36.8 Å². The molecule has 0 aromatic heterocycles. The zero-order valence-electron chi connectivity index (χ0n) is 42.3. The van der Waals surface area contributed by atoms with Crippen molar-refractivity contribution in [2.45, 2.75) is 163 Å². The number of hydrogen-bond donors (Lipinski definition) is 6.